The monoisotopic (exact) mass is 270 g/mol. The molecule has 7 nitrogen and oxygen atoms in total. The molecular weight excluding hydrogens is 248 g/mol. The molecule has 19 heavy (non-hydrogen) atoms. The average Bonchev–Trinajstić information content (AvgIpc) is 2.34. The van der Waals surface area contributed by atoms with Crippen LogP contribution in [0.25, 0.3) is 0 Å². The van der Waals surface area contributed by atoms with Gasteiger partial charge in [-0.05, 0) is 20.8 Å². The van der Waals surface area contributed by atoms with E-state index in [1.54, 1.807) is 13.2 Å². The lowest BCUT2D eigenvalue weighted by Crippen LogP contribution is -2.22. The second-order valence-electron chi connectivity index (χ2n) is 4.89. The number of anilines is 1. The molecule has 0 radical (unpaired) electrons. The first-order chi connectivity index (χ1) is 8.94. The lowest BCUT2D eigenvalue weighted by molar-refractivity contribution is -0.0168. The summed E-state index contributed by atoms with van der Waals surface area (Å²) in [7, 11) is 1.57. The first-order valence-electron chi connectivity index (χ1n) is 6.05. The number of hydrogen-bond donors (Lipinski definition) is 2. The van der Waals surface area contributed by atoms with Crippen molar-refractivity contribution in [2.75, 3.05) is 25.7 Å². The summed E-state index contributed by atoms with van der Waals surface area (Å²) in [5, 5.41) is 0. The lowest BCUT2D eigenvalue weighted by Gasteiger charge is -2.19. The van der Waals surface area contributed by atoms with Gasteiger partial charge in [0, 0.05) is 13.2 Å². The Balaban J connectivity index is 2.54. The van der Waals surface area contributed by atoms with E-state index >= 15 is 0 Å². The second-order valence-corrected chi connectivity index (χ2v) is 4.89. The SMILES string of the molecule is COCc1nc(NN)cc(OCCOC(C)(C)C)n1. The number of aromatic nitrogens is 2. The number of hydrogen-bond acceptors (Lipinski definition) is 7. The highest BCUT2D eigenvalue weighted by Crippen LogP contribution is 2.13. The van der Waals surface area contributed by atoms with Crippen molar-refractivity contribution < 1.29 is 14.2 Å². The summed E-state index contributed by atoms with van der Waals surface area (Å²) in [5.74, 6) is 6.76. The Hall–Kier alpha value is -1.44. The average molecular weight is 270 g/mol. The number of rotatable bonds is 7. The minimum absolute atomic E-state index is 0.180. The highest BCUT2D eigenvalue weighted by molar-refractivity contribution is 5.36. The van der Waals surface area contributed by atoms with Gasteiger partial charge in [-0.1, -0.05) is 0 Å². The van der Waals surface area contributed by atoms with Gasteiger partial charge in [0.1, 0.15) is 19.0 Å². The van der Waals surface area contributed by atoms with Crippen LogP contribution in [0.3, 0.4) is 0 Å². The fraction of sp³-hybridized carbons (Fsp3) is 0.667. The molecule has 0 saturated heterocycles. The first-order valence-corrected chi connectivity index (χ1v) is 6.05. The van der Waals surface area contributed by atoms with Crippen LogP contribution in [0, 0.1) is 0 Å². The third-order valence-corrected chi connectivity index (χ3v) is 2.04. The predicted molar refractivity (Wildman–Crippen MR) is 71.8 cm³/mol. The predicted octanol–water partition coefficient (Wildman–Crippen LogP) is 1.10. The number of nitrogens with two attached hydrogens (primary N) is 1. The minimum atomic E-state index is -0.180. The molecule has 0 fully saturated rings. The Morgan fingerprint density at radius 2 is 2.00 bits per heavy atom. The highest BCUT2D eigenvalue weighted by atomic mass is 16.5. The standard InChI is InChI=1S/C12H22N4O3/c1-12(2,3)19-6-5-18-11-7-9(16-13)14-10(15-11)8-17-4/h7H,5-6,8,13H2,1-4H3,(H,14,15,16). The Morgan fingerprint density at radius 3 is 2.58 bits per heavy atom. The molecule has 0 amide bonds. The summed E-state index contributed by atoms with van der Waals surface area (Å²) in [5.41, 5.74) is 2.28. The molecule has 1 aromatic heterocycles. The first kappa shape index (κ1) is 15.6. The number of ether oxygens (including phenoxy) is 3. The Labute approximate surface area is 113 Å². The Morgan fingerprint density at radius 1 is 1.26 bits per heavy atom. The van der Waals surface area contributed by atoms with E-state index in [-0.39, 0.29) is 5.60 Å². The molecule has 3 N–H and O–H groups in total. The summed E-state index contributed by atoms with van der Waals surface area (Å²) in [4.78, 5) is 8.32. The van der Waals surface area contributed by atoms with Crippen LogP contribution in [0.5, 0.6) is 5.88 Å². The van der Waals surface area contributed by atoms with Crippen LogP contribution in [0.4, 0.5) is 5.82 Å². The van der Waals surface area contributed by atoms with E-state index in [9.17, 15) is 0 Å². The number of hydrazine groups is 1. The van der Waals surface area contributed by atoms with Gasteiger partial charge < -0.3 is 19.6 Å². The molecule has 0 spiro atoms. The third kappa shape index (κ3) is 6.32. The molecule has 0 aliphatic carbocycles. The smallest absolute Gasteiger partial charge is 0.218 e. The van der Waals surface area contributed by atoms with Gasteiger partial charge in [0.25, 0.3) is 0 Å². The topological polar surface area (TPSA) is 91.5 Å². The molecular formula is C12H22N4O3. The maximum absolute atomic E-state index is 5.55. The summed E-state index contributed by atoms with van der Waals surface area (Å²) in [6.07, 6.45) is 0. The van der Waals surface area contributed by atoms with Gasteiger partial charge in [-0.15, -0.1) is 0 Å². The number of methoxy groups -OCH3 is 1. The van der Waals surface area contributed by atoms with E-state index in [2.05, 4.69) is 15.4 Å². The summed E-state index contributed by atoms with van der Waals surface area (Å²) < 4.78 is 16.0. The molecule has 7 heteroatoms. The van der Waals surface area contributed by atoms with Gasteiger partial charge >= 0.3 is 0 Å². The van der Waals surface area contributed by atoms with Crippen LogP contribution < -0.4 is 16.0 Å². The zero-order valence-electron chi connectivity index (χ0n) is 11.9. The summed E-state index contributed by atoms with van der Waals surface area (Å²) in [6.45, 7) is 7.16. The molecule has 108 valence electrons. The van der Waals surface area contributed by atoms with E-state index in [0.717, 1.165) is 0 Å². The molecule has 1 heterocycles. The maximum Gasteiger partial charge on any atom is 0.218 e. The van der Waals surface area contributed by atoms with Crippen molar-refractivity contribution in [3.05, 3.63) is 11.9 Å². The zero-order chi connectivity index (χ0) is 14.3. The normalized spacial score (nSPS) is 11.4. The molecule has 0 aliphatic rings. The van der Waals surface area contributed by atoms with Crippen molar-refractivity contribution in [2.24, 2.45) is 5.84 Å². The largest absolute Gasteiger partial charge is 0.475 e. The number of nitrogens with zero attached hydrogens (tertiary/aromatic N) is 2. The van der Waals surface area contributed by atoms with Crippen LogP contribution in [-0.2, 0) is 16.1 Å². The Bertz CT molecular complexity index is 393. The highest BCUT2D eigenvalue weighted by Gasteiger charge is 2.10. The van der Waals surface area contributed by atoms with E-state index in [0.29, 0.717) is 37.3 Å². The molecule has 0 atom stereocenters. The van der Waals surface area contributed by atoms with Gasteiger partial charge in [0.2, 0.25) is 5.88 Å². The van der Waals surface area contributed by atoms with Crippen molar-refractivity contribution in [1.82, 2.24) is 9.97 Å². The summed E-state index contributed by atoms with van der Waals surface area (Å²) in [6, 6.07) is 1.62. The van der Waals surface area contributed by atoms with Crippen LogP contribution >= 0.6 is 0 Å². The third-order valence-electron chi connectivity index (χ3n) is 2.04. The fourth-order valence-electron chi connectivity index (χ4n) is 1.31. The van der Waals surface area contributed by atoms with Crippen LogP contribution in [-0.4, -0.2) is 35.9 Å². The van der Waals surface area contributed by atoms with Gasteiger partial charge in [0.15, 0.2) is 5.82 Å². The molecule has 0 bridgehead atoms. The van der Waals surface area contributed by atoms with E-state index in [1.165, 1.54) is 0 Å². The van der Waals surface area contributed by atoms with Gasteiger partial charge in [0.05, 0.1) is 12.2 Å². The van der Waals surface area contributed by atoms with Crippen LogP contribution in [0.1, 0.15) is 26.6 Å². The summed E-state index contributed by atoms with van der Waals surface area (Å²) >= 11 is 0. The second kappa shape index (κ2) is 7.22. The van der Waals surface area contributed by atoms with Gasteiger partial charge in [-0.25, -0.2) is 10.8 Å². The fourth-order valence-corrected chi connectivity index (χ4v) is 1.31. The van der Waals surface area contributed by atoms with Crippen molar-refractivity contribution in [3.8, 4) is 5.88 Å². The molecule has 0 aromatic carbocycles. The van der Waals surface area contributed by atoms with Crippen LogP contribution in [0.2, 0.25) is 0 Å². The van der Waals surface area contributed by atoms with Crippen molar-refractivity contribution in [1.29, 1.82) is 0 Å². The van der Waals surface area contributed by atoms with E-state index in [1.807, 2.05) is 20.8 Å². The van der Waals surface area contributed by atoms with E-state index < -0.39 is 0 Å². The molecule has 1 aromatic rings. The number of nitrogens with one attached hydrogen (secondary N) is 1. The van der Waals surface area contributed by atoms with E-state index in [4.69, 9.17) is 20.1 Å². The van der Waals surface area contributed by atoms with Crippen LogP contribution in [0.15, 0.2) is 6.07 Å². The molecule has 1 rings (SSSR count). The van der Waals surface area contributed by atoms with Gasteiger partial charge in [-0.2, -0.15) is 4.98 Å². The molecule has 0 saturated carbocycles. The minimum Gasteiger partial charge on any atom is -0.475 e. The quantitative estimate of drug-likeness (QED) is 0.435. The van der Waals surface area contributed by atoms with Crippen molar-refractivity contribution in [2.45, 2.75) is 33.0 Å². The number of nitrogen functional groups attached to an aromatic ring is 1. The lowest BCUT2D eigenvalue weighted by atomic mass is 10.2. The molecule has 0 aliphatic heterocycles. The molecule has 0 unspecified atom stereocenters. The Kier molecular flexibility index (Phi) is 5.94. The van der Waals surface area contributed by atoms with Crippen molar-refractivity contribution >= 4 is 5.82 Å². The van der Waals surface area contributed by atoms with Crippen molar-refractivity contribution in [3.63, 3.8) is 0 Å². The zero-order valence-corrected chi connectivity index (χ0v) is 11.9. The van der Waals surface area contributed by atoms with Gasteiger partial charge in [-0.3, -0.25) is 0 Å². The maximum atomic E-state index is 5.55.